The van der Waals surface area contributed by atoms with Crippen LogP contribution in [0.2, 0.25) is 5.02 Å². The number of carbonyl (C=O) groups excluding carboxylic acids is 1. The minimum absolute atomic E-state index is 0.201. The number of nitrogens with one attached hydrogen (secondary N) is 3. The van der Waals surface area contributed by atoms with Crippen LogP contribution < -0.4 is 16.0 Å². The molecule has 0 aromatic heterocycles. The van der Waals surface area contributed by atoms with Crippen LogP contribution in [0.15, 0.2) is 48.5 Å². The molecule has 1 saturated heterocycles. The lowest BCUT2D eigenvalue weighted by Crippen LogP contribution is -2.47. The average Bonchev–Trinajstić information content (AvgIpc) is 2.64. The summed E-state index contributed by atoms with van der Waals surface area (Å²) in [6.07, 6.45) is 3.01. The lowest BCUT2D eigenvalue weighted by atomic mass is 9.87. The molecule has 26 heavy (non-hydrogen) atoms. The monoisotopic (exact) mass is 375 g/mol. The normalized spacial score (nSPS) is 19.8. The van der Waals surface area contributed by atoms with E-state index in [9.17, 15) is 9.18 Å². The van der Waals surface area contributed by atoms with Crippen LogP contribution in [0.3, 0.4) is 0 Å². The number of halogens is 2. The van der Waals surface area contributed by atoms with E-state index in [-0.39, 0.29) is 17.9 Å². The van der Waals surface area contributed by atoms with E-state index in [1.807, 2.05) is 12.1 Å². The van der Waals surface area contributed by atoms with Gasteiger partial charge >= 0.3 is 6.03 Å². The fourth-order valence-electron chi connectivity index (χ4n) is 3.31. The van der Waals surface area contributed by atoms with E-state index >= 15 is 0 Å². The molecule has 2 aromatic rings. The molecule has 0 radical (unpaired) electrons. The molecule has 2 atom stereocenters. The van der Waals surface area contributed by atoms with Gasteiger partial charge in [-0.15, -0.1) is 0 Å². The minimum Gasteiger partial charge on any atom is -0.336 e. The highest BCUT2D eigenvalue weighted by Crippen LogP contribution is 2.21. The molecule has 3 rings (SSSR count). The molecule has 0 bridgehead atoms. The largest absolute Gasteiger partial charge is 0.336 e. The maximum absolute atomic E-state index is 13.0. The van der Waals surface area contributed by atoms with Crippen molar-refractivity contribution < 1.29 is 9.18 Å². The number of benzene rings is 2. The molecule has 0 aliphatic carbocycles. The van der Waals surface area contributed by atoms with Crippen molar-refractivity contribution in [3.8, 4) is 0 Å². The Morgan fingerprint density at radius 3 is 2.62 bits per heavy atom. The first-order valence-electron chi connectivity index (χ1n) is 8.87. The van der Waals surface area contributed by atoms with Gasteiger partial charge in [-0.25, -0.2) is 9.18 Å². The summed E-state index contributed by atoms with van der Waals surface area (Å²) in [4.78, 5) is 12.0. The van der Waals surface area contributed by atoms with E-state index in [1.165, 1.54) is 12.1 Å². The summed E-state index contributed by atoms with van der Waals surface area (Å²) in [5, 5.41) is 9.79. The van der Waals surface area contributed by atoms with Crippen LogP contribution in [-0.2, 0) is 6.42 Å². The van der Waals surface area contributed by atoms with Crippen LogP contribution in [0.5, 0.6) is 0 Å². The Hall–Kier alpha value is -2.11. The second-order valence-corrected chi connectivity index (χ2v) is 7.15. The van der Waals surface area contributed by atoms with Crippen LogP contribution in [0, 0.1) is 11.7 Å². The van der Waals surface area contributed by atoms with Gasteiger partial charge in [-0.3, -0.25) is 0 Å². The first-order chi connectivity index (χ1) is 12.6. The molecule has 0 saturated carbocycles. The summed E-state index contributed by atoms with van der Waals surface area (Å²) in [6, 6.07) is 13.7. The Kier molecular flexibility index (Phi) is 6.47. The van der Waals surface area contributed by atoms with Gasteiger partial charge < -0.3 is 16.0 Å². The van der Waals surface area contributed by atoms with Crippen molar-refractivity contribution in [2.45, 2.75) is 25.3 Å². The Bertz CT molecular complexity index is 721. The molecule has 2 aromatic carbocycles. The number of hydrogen-bond acceptors (Lipinski definition) is 2. The highest BCUT2D eigenvalue weighted by atomic mass is 35.5. The predicted octanol–water partition coefficient (Wildman–Crippen LogP) is 4.21. The Morgan fingerprint density at radius 2 is 1.88 bits per heavy atom. The number of hydrogen-bond donors (Lipinski definition) is 3. The SMILES string of the molecule is O=C(NC[C@H]1C[C@@H](Cc2ccc(F)cc2)CCN1)Nc1ccc(Cl)cc1. The van der Waals surface area contributed by atoms with Crippen LogP contribution in [0.1, 0.15) is 18.4 Å². The van der Waals surface area contributed by atoms with Crippen molar-refractivity contribution in [2.75, 3.05) is 18.4 Å². The maximum Gasteiger partial charge on any atom is 0.319 e. The van der Waals surface area contributed by atoms with E-state index in [2.05, 4.69) is 16.0 Å². The molecule has 138 valence electrons. The molecule has 0 unspecified atom stereocenters. The Labute approximate surface area is 158 Å². The van der Waals surface area contributed by atoms with Crippen LogP contribution in [0.25, 0.3) is 0 Å². The topological polar surface area (TPSA) is 53.2 Å². The predicted molar refractivity (Wildman–Crippen MR) is 103 cm³/mol. The first kappa shape index (κ1) is 18.7. The van der Waals surface area contributed by atoms with Gasteiger partial charge in [0.15, 0.2) is 0 Å². The molecule has 1 heterocycles. The summed E-state index contributed by atoms with van der Waals surface area (Å²) < 4.78 is 13.0. The second-order valence-electron chi connectivity index (χ2n) is 6.71. The fraction of sp³-hybridized carbons (Fsp3) is 0.350. The fourth-order valence-corrected chi connectivity index (χ4v) is 3.44. The molecule has 4 nitrogen and oxygen atoms in total. The number of piperidine rings is 1. The zero-order valence-electron chi connectivity index (χ0n) is 14.5. The van der Waals surface area contributed by atoms with Gasteiger partial charge in [0.05, 0.1) is 0 Å². The Balaban J connectivity index is 1.43. The molecule has 3 N–H and O–H groups in total. The van der Waals surface area contributed by atoms with Gasteiger partial charge in [0.2, 0.25) is 0 Å². The number of anilines is 1. The van der Waals surface area contributed by atoms with Gasteiger partial charge in [-0.1, -0.05) is 23.7 Å². The highest BCUT2D eigenvalue weighted by Gasteiger charge is 2.22. The zero-order chi connectivity index (χ0) is 18.4. The lowest BCUT2D eigenvalue weighted by Gasteiger charge is -2.30. The first-order valence-corrected chi connectivity index (χ1v) is 9.24. The van der Waals surface area contributed by atoms with Crippen LogP contribution >= 0.6 is 11.6 Å². The molecule has 1 aliphatic heterocycles. The highest BCUT2D eigenvalue weighted by molar-refractivity contribution is 6.30. The van der Waals surface area contributed by atoms with E-state index < -0.39 is 0 Å². The van der Waals surface area contributed by atoms with Crippen molar-refractivity contribution in [2.24, 2.45) is 5.92 Å². The van der Waals surface area contributed by atoms with Crippen molar-refractivity contribution in [1.82, 2.24) is 10.6 Å². The number of carbonyl (C=O) groups is 1. The molecular weight excluding hydrogens is 353 g/mol. The van der Waals surface area contributed by atoms with Gasteiger partial charge in [0.1, 0.15) is 5.82 Å². The van der Waals surface area contributed by atoms with E-state index in [4.69, 9.17) is 11.6 Å². The second kappa shape index (κ2) is 9.01. The van der Waals surface area contributed by atoms with Crippen molar-refractivity contribution in [3.05, 3.63) is 64.9 Å². The van der Waals surface area contributed by atoms with Crippen molar-refractivity contribution in [1.29, 1.82) is 0 Å². The van der Waals surface area contributed by atoms with Crippen molar-refractivity contribution >= 4 is 23.3 Å². The third kappa shape index (κ3) is 5.71. The van der Waals surface area contributed by atoms with E-state index in [0.717, 1.165) is 31.4 Å². The quantitative estimate of drug-likeness (QED) is 0.733. The van der Waals surface area contributed by atoms with Crippen LogP contribution in [0.4, 0.5) is 14.9 Å². The Morgan fingerprint density at radius 1 is 1.15 bits per heavy atom. The van der Waals surface area contributed by atoms with E-state index in [1.54, 1.807) is 24.3 Å². The number of amides is 2. The lowest BCUT2D eigenvalue weighted by molar-refractivity contribution is 0.246. The molecule has 1 fully saturated rings. The molecular formula is C20H23ClFN3O. The zero-order valence-corrected chi connectivity index (χ0v) is 15.2. The van der Waals surface area contributed by atoms with Crippen LogP contribution in [-0.4, -0.2) is 25.2 Å². The van der Waals surface area contributed by atoms with Crippen molar-refractivity contribution in [3.63, 3.8) is 0 Å². The molecule has 6 heteroatoms. The third-order valence-corrected chi connectivity index (χ3v) is 4.90. The summed E-state index contributed by atoms with van der Waals surface area (Å²) >= 11 is 5.84. The number of urea groups is 1. The molecule has 1 aliphatic rings. The number of rotatable bonds is 5. The van der Waals surface area contributed by atoms with Gasteiger partial charge in [-0.05, 0) is 73.7 Å². The molecule has 2 amide bonds. The average molecular weight is 376 g/mol. The van der Waals surface area contributed by atoms with Gasteiger partial charge in [0, 0.05) is 23.3 Å². The summed E-state index contributed by atoms with van der Waals surface area (Å²) in [6.45, 7) is 1.50. The minimum atomic E-state index is -0.227. The summed E-state index contributed by atoms with van der Waals surface area (Å²) in [5.41, 5.74) is 1.86. The van der Waals surface area contributed by atoms with Gasteiger partial charge in [0.25, 0.3) is 0 Å². The summed E-state index contributed by atoms with van der Waals surface area (Å²) in [7, 11) is 0. The standard InChI is InChI=1S/C20H23ClFN3O/c21-16-3-7-18(8-4-16)25-20(26)24-13-19-12-15(9-10-23-19)11-14-1-5-17(22)6-2-14/h1-8,15,19,23H,9-13H2,(H2,24,25,26)/t15-,19-/m1/s1. The molecule has 0 spiro atoms. The van der Waals surface area contributed by atoms with Gasteiger partial charge in [-0.2, -0.15) is 0 Å². The summed E-state index contributed by atoms with van der Waals surface area (Å²) in [5.74, 6) is 0.334. The van der Waals surface area contributed by atoms with E-state index in [0.29, 0.717) is 23.2 Å². The third-order valence-electron chi connectivity index (χ3n) is 4.65. The smallest absolute Gasteiger partial charge is 0.319 e. The maximum atomic E-state index is 13.0.